The minimum absolute atomic E-state index is 0.739. The molecule has 1 unspecified atom stereocenters. The lowest BCUT2D eigenvalue weighted by atomic mass is 9.81. The molecule has 1 fully saturated rings. The molecule has 0 bridgehead atoms. The van der Waals surface area contributed by atoms with Crippen molar-refractivity contribution in [3.05, 3.63) is 34.9 Å². The topological polar surface area (TPSA) is 12.0 Å². The first-order valence-corrected chi connectivity index (χ1v) is 7.17. The third-order valence-corrected chi connectivity index (χ3v) is 4.74. The molecule has 0 spiro atoms. The summed E-state index contributed by atoms with van der Waals surface area (Å²) in [5.41, 5.74) is 4.81. The van der Waals surface area contributed by atoms with E-state index in [1.54, 1.807) is 16.7 Å². The Bertz CT molecular complexity index is 391. The van der Waals surface area contributed by atoms with Crippen molar-refractivity contribution in [2.45, 2.75) is 44.9 Å². The van der Waals surface area contributed by atoms with Crippen molar-refractivity contribution in [2.75, 3.05) is 13.1 Å². The molecule has 1 atom stereocenters. The Morgan fingerprint density at radius 2 is 1.88 bits per heavy atom. The van der Waals surface area contributed by atoms with Crippen molar-refractivity contribution < 1.29 is 0 Å². The summed E-state index contributed by atoms with van der Waals surface area (Å²) in [6, 6.07) is 7.27. The maximum Gasteiger partial charge on any atom is -0.00461 e. The van der Waals surface area contributed by atoms with Gasteiger partial charge in [-0.05, 0) is 73.7 Å². The van der Waals surface area contributed by atoms with E-state index in [0.717, 1.165) is 11.8 Å². The van der Waals surface area contributed by atoms with Gasteiger partial charge in [0.05, 0.1) is 0 Å². The van der Waals surface area contributed by atoms with Crippen molar-refractivity contribution in [1.82, 2.24) is 5.32 Å². The second-order valence-corrected chi connectivity index (χ2v) is 5.76. The van der Waals surface area contributed by atoms with E-state index in [1.165, 1.54) is 45.2 Å². The summed E-state index contributed by atoms with van der Waals surface area (Å²) in [7, 11) is 0. The first kappa shape index (κ1) is 11.3. The van der Waals surface area contributed by atoms with Crippen LogP contribution < -0.4 is 5.32 Å². The number of nitrogens with one attached hydrogen (secondary N) is 1. The van der Waals surface area contributed by atoms with E-state index in [4.69, 9.17) is 0 Å². The highest BCUT2D eigenvalue weighted by Crippen LogP contribution is 2.33. The molecule has 1 aromatic carbocycles. The number of hydrogen-bond acceptors (Lipinski definition) is 1. The van der Waals surface area contributed by atoms with Gasteiger partial charge in [-0.1, -0.05) is 25.1 Å². The fraction of sp³-hybridized carbons (Fsp3) is 0.625. The molecule has 1 saturated heterocycles. The second-order valence-electron chi connectivity index (χ2n) is 5.76. The van der Waals surface area contributed by atoms with Crippen LogP contribution in [0.3, 0.4) is 0 Å². The van der Waals surface area contributed by atoms with Crippen molar-refractivity contribution >= 4 is 0 Å². The number of aryl methyl sites for hydroxylation is 2. The Morgan fingerprint density at radius 1 is 1.12 bits per heavy atom. The lowest BCUT2D eigenvalue weighted by Crippen LogP contribution is -2.30. The van der Waals surface area contributed by atoms with Crippen LogP contribution in [0.1, 0.15) is 48.8 Å². The third-order valence-electron chi connectivity index (χ3n) is 4.74. The highest BCUT2D eigenvalue weighted by atomic mass is 14.9. The minimum atomic E-state index is 0.739. The van der Waals surface area contributed by atoms with Crippen LogP contribution in [0.5, 0.6) is 0 Å². The minimum Gasteiger partial charge on any atom is -0.317 e. The zero-order valence-electron chi connectivity index (χ0n) is 10.8. The van der Waals surface area contributed by atoms with Crippen LogP contribution in [0.2, 0.25) is 0 Å². The Balaban J connectivity index is 1.78. The third kappa shape index (κ3) is 2.26. The average molecular weight is 229 g/mol. The molecule has 1 aliphatic carbocycles. The highest BCUT2D eigenvalue weighted by Gasteiger charge is 2.22. The Hall–Kier alpha value is -0.820. The van der Waals surface area contributed by atoms with Gasteiger partial charge in [-0.2, -0.15) is 0 Å². The lowest BCUT2D eigenvalue weighted by Gasteiger charge is -2.28. The molecule has 92 valence electrons. The maximum absolute atomic E-state index is 3.46. The van der Waals surface area contributed by atoms with E-state index < -0.39 is 0 Å². The van der Waals surface area contributed by atoms with Crippen LogP contribution in [-0.2, 0) is 12.8 Å². The van der Waals surface area contributed by atoms with Gasteiger partial charge in [0, 0.05) is 0 Å². The largest absolute Gasteiger partial charge is 0.317 e. The monoisotopic (exact) mass is 229 g/mol. The normalized spacial score (nSPS) is 22.4. The van der Waals surface area contributed by atoms with E-state index in [2.05, 4.69) is 30.4 Å². The van der Waals surface area contributed by atoms with Gasteiger partial charge in [0.25, 0.3) is 0 Å². The number of benzene rings is 1. The van der Waals surface area contributed by atoms with E-state index in [-0.39, 0.29) is 0 Å². The fourth-order valence-electron chi connectivity index (χ4n) is 3.49. The summed E-state index contributed by atoms with van der Waals surface area (Å²) in [6.45, 7) is 4.84. The van der Waals surface area contributed by atoms with Crippen molar-refractivity contribution in [2.24, 2.45) is 5.92 Å². The van der Waals surface area contributed by atoms with Crippen LogP contribution in [0.25, 0.3) is 0 Å². The van der Waals surface area contributed by atoms with Gasteiger partial charge in [-0.15, -0.1) is 0 Å². The van der Waals surface area contributed by atoms with Gasteiger partial charge < -0.3 is 5.32 Å². The number of rotatable bonds is 2. The van der Waals surface area contributed by atoms with Gasteiger partial charge >= 0.3 is 0 Å². The molecule has 1 aliphatic heterocycles. The van der Waals surface area contributed by atoms with Crippen LogP contribution in [0, 0.1) is 5.92 Å². The van der Waals surface area contributed by atoms with Crippen molar-refractivity contribution in [3.8, 4) is 0 Å². The second kappa shape index (κ2) is 4.81. The molecule has 0 radical (unpaired) electrons. The summed E-state index contributed by atoms with van der Waals surface area (Å²) >= 11 is 0. The molecule has 1 heterocycles. The summed E-state index contributed by atoms with van der Waals surface area (Å²) < 4.78 is 0. The average Bonchev–Trinajstić information content (AvgIpc) is 2.86. The summed E-state index contributed by atoms with van der Waals surface area (Å²) in [6.07, 6.45) is 6.66. The Morgan fingerprint density at radius 3 is 2.71 bits per heavy atom. The summed E-state index contributed by atoms with van der Waals surface area (Å²) in [5.74, 6) is 1.62. The van der Waals surface area contributed by atoms with Gasteiger partial charge in [-0.3, -0.25) is 0 Å². The first-order chi connectivity index (χ1) is 8.34. The number of hydrogen-bond donors (Lipinski definition) is 1. The quantitative estimate of drug-likeness (QED) is 0.820. The fourth-order valence-corrected chi connectivity index (χ4v) is 3.49. The molecular weight excluding hydrogens is 206 g/mol. The first-order valence-electron chi connectivity index (χ1n) is 7.17. The molecule has 1 aromatic rings. The molecule has 0 aromatic heterocycles. The van der Waals surface area contributed by atoms with E-state index in [0.29, 0.717) is 0 Å². The Kier molecular flexibility index (Phi) is 3.19. The van der Waals surface area contributed by atoms with Crippen LogP contribution >= 0.6 is 0 Å². The molecule has 1 N–H and O–H groups in total. The zero-order chi connectivity index (χ0) is 11.7. The van der Waals surface area contributed by atoms with Crippen LogP contribution in [0.4, 0.5) is 0 Å². The van der Waals surface area contributed by atoms with Crippen LogP contribution in [-0.4, -0.2) is 13.1 Å². The predicted molar refractivity (Wildman–Crippen MR) is 72.5 cm³/mol. The predicted octanol–water partition coefficient (Wildman–Crippen LogP) is 3.28. The number of piperidine rings is 1. The lowest BCUT2D eigenvalue weighted by molar-refractivity contribution is 0.330. The van der Waals surface area contributed by atoms with Gasteiger partial charge in [-0.25, -0.2) is 0 Å². The standard InChI is InChI=1S/C16H23N/c1-12(13-7-9-17-10-8-13)15-6-5-14-3-2-4-16(14)11-15/h5-6,11-13,17H,2-4,7-10H2,1H3. The van der Waals surface area contributed by atoms with Crippen LogP contribution in [0.15, 0.2) is 18.2 Å². The Labute approximate surface area is 105 Å². The molecule has 1 nitrogen and oxygen atoms in total. The molecule has 17 heavy (non-hydrogen) atoms. The molecule has 3 rings (SSSR count). The molecule has 0 amide bonds. The van der Waals surface area contributed by atoms with Crippen molar-refractivity contribution in [1.29, 1.82) is 0 Å². The van der Waals surface area contributed by atoms with Gasteiger partial charge in [0.15, 0.2) is 0 Å². The van der Waals surface area contributed by atoms with E-state index in [1.807, 2.05) is 0 Å². The number of fused-ring (bicyclic) bond motifs is 1. The smallest absolute Gasteiger partial charge is 0.00461 e. The van der Waals surface area contributed by atoms with Crippen molar-refractivity contribution in [3.63, 3.8) is 0 Å². The molecule has 2 aliphatic rings. The van der Waals surface area contributed by atoms with Gasteiger partial charge in [0.1, 0.15) is 0 Å². The SMILES string of the molecule is CC(c1ccc2c(c1)CCC2)C1CCNCC1. The zero-order valence-corrected chi connectivity index (χ0v) is 10.8. The molecule has 0 saturated carbocycles. The van der Waals surface area contributed by atoms with E-state index in [9.17, 15) is 0 Å². The maximum atomic E-state index is 3.46. The highest BCUT2D eigenvalue weighted by molar-refractivity contribution is 5.36. The summed E-state index contributed by atoms with van der Waals surface area (Å²) in [5, 5.41) is 3.46. The molecule has 1 heteroatoms. The summed E-state index contributed by atoms with van der Waals surface area (Å²) in [4.78, 5) is 0. The van der Waals surface area contributed by atoms with E-state index >= 15 is 0 Å². The van der Waals surface area contributed by atoms with Gasteiger partial charge in [0.2, 0.25) is 0 Å². The molecular formula is C16H23N.